The third-order valence-electron chi connectivity index (χ3n) is 5.78. The topological polar surface area (TPSA) is 51.1 Å². The van der Waals surface area contributed by atoms with Crippen LogP contribution in [0.3, 0.4) is 0 Å². The highest BCUT2D eigenvalue weighted by Gasteiger charge is 2.71. The molecule has 0 N–H and O–H groups in total. The minimum Gasteiger partial charge on any atom is -0.436 e. The Balaban J connectivity index is 1.60. The molecule has 132 valence electrons. The molecule has 0 bridgehead atoms. The molecule has 2 fully saturated rings. The zero-order valence-corrected chi connectivity index (χ0v) is 14.4. The number of nitrogens with zero attached hydrogens (tertiary/aromatic N) is 2. The van der Waals surface area contributed by atoms with Gasteiger partial charge in [-0.05, 0) is 43.4 Å². The number of hydrogen-bond donors (Lipinski definition) is 0. The number of rotatable bonds is 2. The lowest BCUT2D eigenvalue weighted by Crippen LogP contribution is -2.58. The van der Waals surface area contributed by atoms with Gasteiger partial charge in [0.2, 0.25) is 0 Å². The molecule has 2 aliphatic heterocycles. The first-order valence-electron chi connectivity index (χ1n) is 9.13. The Bertz CT molecular complexity index is 859. The number of anilines is 1. The molecule has 1 amide bonds. The van der Waals surface area contributed by atoms with Crippen LogP contribution in [0, 0.1) is 0 Å². The Kier molecular flexibility index (Phi) is 3.32. The third-order valence-corrected chi connectivity index (χ3v) is 5.78. The number of carbonyl (C=O) groups excluding carboxylic acids is 1. The second kappa shape index (κ2) is 5.59. The number of fused-ring (bicyclic) bond motifs is 1. The zero-order valence-electron chi connectivity index (χ0n) is 14.4. The average Bonchev–Trinajstić information content (AvgIpc) is 3.38. The zero-order chi connectivity index (χ0) is 17.6. The molecule has 5 nitrogen and oxygen atoms in total. The molecule has 2 aromatic rings. The molecular weight excluding hydrogens is 328 g/mol. The fourth-order valence-corrected chi connectivity index (χ4v) is 4.55. The Hall–Kier alpha value is -2.82. The predicted molar refractivity (Wildman–Crippen MR) is 98.0 cm³/mol. The Morgan fingerprint density at radius 1 is 0.923 bits per heavy atom. The van der Waals surface area contributed by atoms with Crippen LogP contribution in [0.2, 0.25) is 0 Å². The first kappa shape index (κ1) is 15.4. The molecule has 1 unspecified atom stereocenters. The highest BCUT2D eigenvalue weighted by Crippen LogP contribution is 2.55. The summed E-state index contributed by atoms with van der Waals surface area (Å²) in [7, 11) is 0. The maximum absolute atomic E-state index is 12.9. The predicted octanol–water partition coefficient (Wildman–Crippen LogP) is 4.48. The van der Waals surface area contributed by atoms with Crippen molar-refractivity contribution < 1.29 is 14.4 Å². The van der Waals surface area contributed by atoms with E-state index in [1.807, 2.05) is 60.7 Å². The number of amides is 1. The van der Waals surface area contributed by atoms with Gasteiger partial charge in [-0.25, -0.2) is 9.69 Å². The van der Waals surface area contributed by atoms with Crippen LogP contribution in [0.15, 0.2) is 65.8 Å². The van der Waals surface area contributed by atoms with Crippen molar-refractivity contribution in [3.63, 3.8) is 0 Å². The van der Waals surface area contributed by atoms with Gasteiger partial charge in [0.05, 0.1) is 17.8 Å². The van der Waals surface area contributed by atoms with Crippen LogP contribution >= 0.6 is 0 Å². The monoisotopic (exact) mass is 348 g/mol. The van der Waals surface area contributed by atoms with Crippen molar-refractivity contribution in [3.8, 4) is 0 Å². The average molecular weight is 348 g/mol. The molecule has 1 aliphatic carbocycles. The number of hydrogen-bond acceptors (Lipinski definition) is 4. The summed E-state index contributed by atoms with van der Waals surface area (Å²) in [6.07, 6.45) is 3.85. The largest absolute Gasteiger partial charge is 0.436 e. The van der Waals surface area contributed by atoms with Crippen molar-refractivity contribution in [1.29, 1.82) is 0 Å². The van der Waals surface area contributed by atoms with E-state index >= 15 is 0 Å². The summed E-state index contributed by atoms with van der Waals surface area (Å²) in [6, 6.07) is 19.6. The van der Waals surface area contributed by atoms with E-state index in [1.54, 1.807) is 4.90 Å². The SMILES string of the molecule is O=C1OC2(CCCC2)C2(CC(c3ccccc3)=NO2)N1c1ccccc1. The molecule has 3 aliphatic rings. The Morgan fingerprint density at radius 3 is 2.27 bits per heavy atom. The van der Waals surface area contributed by atoms with Gasteiger partial charge < -0.3 is 9.57 Å². The van der Waals surface area contributed by atoms with Crippen molar-refractivity contribution in [2.75, 3.05) is 4.90 Å². The molecule has 26 heavy (non-hydrogen) atoms. The first-order chi connectivity index (χ1) is 12.7. The minimum atomic E-state index is -0.910. The molecule has 0 radical (unpaired) electrons. The lowest BCUT2D eigenvalue weighted by atomic mass is 9.83. The quantitative estimate of drug-likeness (QED) is 0.804. The Labute approximate surface area is 152 Å². The summed E-state index contributed by atoms with van der Waals surface area (Å²) in [5.41, 5.74) is 1.11. The van der Waals surface area contributed by atoms with E-state index < -0.39 is 11.3 Å². The molecule has 2 heterocycles. The van der Waals surface area contributed by atoms with Gasteiger partial charge in [0.15, 0.2) is 5.60 Å². The summed E-state index contributed by atoms with van der Waals surface area (Å²) in [4.78, 5) is 20.7. The number of carbonyl (C=O) groups is 1. The van der Waals surface area contributed by atoms with Gasteiger partial charge in [0, 0.05) is 0 Å². The van der Waals surface area contributed by atoms with Crippen LogP contribution < -0.4 is 4.90 Å². The van der Waals surface area contributed by atoms with Crippen molar-refractivity contribution >= 4 is 17.5 Å². The van der Waals surface area contributed by atoms with E-state index in [1.165, 1.54) is 0 Å². The highest BCUT2D eigenvalue weighted by atomic mass is 16.7. The van der Waals surface area contributed by atoms with Crippen LogP contribution in [-0.2, 0) is 9.57 Å². The van der Waals surface area contributed by atoms with Gasteiger partial charge in [-0.1, -0.05) is 53.7 Å². The maximum atomic E-state index is 12.9. The minimum absolute atomic E-state index is 0.345. The third kappa shape index (κ3) is 2.03. The van der Waals surface area contributed by atoms with Gasteiger partial charge >= 0.3 is 6.09 Å². The number of oxime groups is 1. The number of para-hydroxylation sites is 1. The number of ether oxygens (including phenoxy) is 1. The van der Waals surface area contributed by atoms with Crippen LogP contribution in [0.1, 0.15) is 37.7 Å². The van der Waals surface area contributed by atoms with Crippen LogP contribution in [0.5, 0.6) is 0 Å². The summed E-state index contributed by atoms with van der Waals surface area (Å²) in [5, 5.41) is 4.41. The molecule has 1 saturated carbocycles. The van der Waals surface area contributed by atoms with Gasteiger partial charge in [0.1, 0.15) is 0 Å². The molecule has 2 spiro atoms. The molecule has 1 saturated heterocycles. The molecule has 1 atom stereocenters. The second-order valence-corrected chi connectivity index (χ2v) is 7.20. The molecular formula is C21H20N2O3. The molecule has 0 aromatic heterocycles. The summed E-state index contributed by atoms with van der Waals surface area (Å²) < 4.78 is 5.99. The summed E-state index contributed by atoms with van der Waals surface area (Å²) in [5.74, 6) is 0. The van der Waals surface area contributed by atoms with E-state index in [0.717, 1.165) is 42.6 Å². The number of benzene rings is 2. The fraction of sp³-hybridized carbons (Fsp3) is 0.333. The Morgan fingerprint density at radius 2 is 1.58 bits per heavy atom. The smallest absolute Gasteiger partial charge is 0.418 e. The van der Waals surface area contributed by atoms with Crippen molar-refractivity contribution in [3.05, 3.63) is 66.2 Å². The van der Waals surface area contributed by atoms with Crippen LogP contribution in [0.4, 0.5) is 10.5 Å². The van der Waals surface area contributed by atoms with Gasteiger partial charge in [-0.15, -0.1) is 0 Å². The first-order valence-corrected chi connectivity index (χ1v) is 9.13. The standard InChI is InChI=1S/C21H20N2O3/c24-19-23(17-11-5-2-6-12-17)21(20(25-19)13-7-8-14-20)15-18(22-26-21)16-9-3-1-4-10-16/h1-6,9-12H,7-8,13-15H2. The van der Waals surface area contributed by atoms with Crippen molar-refractivity contribution in [1.82, 2.24) is 0 Å². The van der Waals surface area contributed by atoms with Crippen LogP contribution in [-0.4, -0.2) is 23.1 Å². The highest BCUT2D eigenvalue weighted by molar-refractivity contribution is 6.04. The fourth-order valence-electron chi connectivity index (χ4n) is 4.55. The lowest BCUT2D eigenvalue weighted by Gasteiger charge is -2.38. The second-order valence-electron chi connectivity index (χ2n) is 7.20. The lowest BCUT2D eigenvalue weighted by molar-refractivity contribution is -0.127. The molecule has 5 heteroatoms. The van der Waals surface area contributed by atoms with E-state index in [9.17, 15) is 4.79 Å². The van der Waals surface area contributed by atoms with Crippen LogP contribution in [0.25, 0.3) is 0 Å². The maximum Gasteiger partial charge on any atom is 0.418 e. The van der Waals surface area contributed by atoms with Gasteiger partial charge in [-0.2, -0.15) is 0 Å². The normalized spacial score (nSPS) is 26.2. The van der Waals surface area contributed by atoms with Crippen molar-refractivity contribution in [2.24, 2.45) is 5.16 Å². The summed E-state index contributed by atoms with van der Waals surface area (Å²) >= 11 is 0. The summed E-state index contributed by atoms with van der Waals surface area (Å²) in [6.45, 7) is 0. The van der Waals surface area contributed by atoms with E-state index in [2.05, 4.69) is 5.16 Å². The van der Waals surface area contributed by atoms with Gasteiger partial charge in [-0.3, -0.25) is 0 Å². The van der Waals surface area contributed by atoms with Crippen molar-refractivity contribution in [2.45, 2.75) is 43.4 Å². The molecule has 5 rings (SSSR count). The molecule has 2 aromatic carbocycles. The van der Waals surface area contributed by atoms with E-state index in [4.69, 9.17) is 9.57 Å². The van der Waals surface area contributed by atoms with Gasteiger partial charge in [0.25, 0.3) is 5.72 Å². The van der Waals surface area contributed by atoms with E-state index in [-0.39, 0.29) is 6.09 Å². The van der Waals surface area contributed by atoms with E-state index in [0.29, 0.717) is 6.42 Å².